The van der Waals surface area contributed by atoms with E-state index in [4.69, 9.17) is 49.6 Å². The minimum atomic E-state index is 0.638. The Kier molecular flexibility index (Phi) is 23.3. The Morgan fingerprint density at radius 2 is 0.483 bits per heavy atom. The van der Waals surface area contributed by atoms with E-state index in [2.05, 4.69) is 362 Å². The number of hydrogen-bond acceptors (Lipinski definition) is 12. The minimum Gasteiger partial charge on any atom is -0.436 e. The smallest absolute Gasteiger partial charge is 0.227 e. The first kappa shape index (κ1) is 88.7. The third-order valence-electron chi connectivity index (χ3n) is 27.3. The lowest BCUT2D eigenvalue weighted by molar-refractivity contribution is 0.620. The first-order valence-electron chi connectivity index (χ1n) is 49.6. The number of hydrogen-bond donors (Lipinski definition) is 0. The highest BCUT2D eigenvalue weighted by molar-refractivity contribution is 6.02. The molecule has 0 saturated heterocycles. The molecule has 0 unspecified atom stereocenters. The third-order valence-corrected chi connectivity index (χ3v) is 27.3. The van der Waals surface area contributed by atoms with Gasteiger partial charge in [-0.15, -0.1) is 0 Å². The van der Waals surface area contributed by atoms with Gasteiger partial charge in [-0.3, -0.25) is 0 Å². The average Bonchev–Trinajstić information content (AvgIpc) is 1.61. The Morgan fingerprint density at radius 1 is 0.174 bits per heavy atom. The standard InChI is InChI=1S/C39H26N4.C37H24N4.C33H22N4.C24H15N3O/c1-4-12-27(13-5-1)28-20-22-29(23-21-28)33-26-34(41-39(40-33)32-17-8-3-9-18-32)37-36-25-24-30-14-10-11-19-35(30)43(36)42-38(37)31-15-6-2-7-16-31;1-3-11-25(12-4-1)26-19-21-29(22-20-26)35-30-16-8-9-17-31(30)38-37(39-35)34-33-24-23-27-13-7-10-18-32(27)41(33)40-36(34)28-14-5-2-6-15-28;1-4-12-23(13-5-1)27-22-28(35-33(34-27)26-17-8-3-9-18-26)31-30-21-20-24-14-10-11-19-29(24)37(30)36-32(31)25-15-6-2-7-16-25;1-3-7-21-17(5-1)13-14-22-19(15-25-27(21)22)16-9-11-18(12-10-16)24-26-20-6-2-4-8-23(20)28-24/h1-26H;1-24H;1-22H;1-15H. The molecule has 0 aliphatic rings. The monoisotopic (exact) mass is 1910 g/mol. The lowest BCUT2D eigenvalue weighted by Gasteiger charge is -2.11. The van der Waals surface area contributed by atoms with E-state index in [1.165, 1.54) is 27.6 Å². The molecule has 29 aromatic rings. The Labute approximate surface area is 856 Å². The van der Waals surface area contributed by atoms with Crippen LogP contribution in [0.25, 0.3) is 257 Å². The van der Waals surface area contributed by atoms with Crippen molar-refractivity contribution in [3.63, 3.8) is 0 Å². The van der Waals surface area contributed by atoms with Crippen LogP contribution < -0.4 is 0 Å². The van der Waals surface area contributed by atoms with Gasteiger partial charge >= 0.3 is 0 Å². The fourth-order valence-corrected chi connectivity index (χ4v) is 19.9. The molecule has 0 bridgehead atoms. The zero-order valence-corrected chi connectivity index (χ0v) is 80.3. The molecule has 0 saturated carbocycles. The summed E-state index contributed by atoms with van der Waals surface area (Å²) < 4.78 is 14.0. The number of pyridine rings is 4. The van der Waals surface area contributed by atoms with E-state index in [1.807, 2.05) is 194 Å². The van der Waals surface area contributed by atoms with Crippen molar-refractivity contribution in [2.24, 2.45) is 0 Å². The molecular formula is C133H87N15O. The van der Waals surface area contributed by atoms with Crippen LogP contribution in [0.4, 0.5) is 0 Å². The summed E-state index contributed by atoms with van der Waals surface area (Å²) in [5, 5.41) is 25.7. The molecule has 12 heterocycles. The van der Waals surface area contributed by atoms with Crippen LogP contribution in [0.2, 0.25) is 0 Å². The van der Waals surface area contributed by atoms with Crippen molar-refractivity contribution in [1.82, 2.24) is 73.3 Å². The fraction of sp³-hybridized carbons (Fsp3) is 0. The summed E-state index contributed by atoms with van der Waals surface area (Å²) in [6, 6.07) is 179. The van der Waals surface area contributed by atoms with Crippen molar-refractivity contribution in [3.05, 3.63) is 528 Å². The maximum Gasteiger partial charge on any atom is 0.227 e. The van der Waals surface area contributed by atoms with Crippen molar-refractivity contribution in [2.75, 3.05) is 0 Å². The van der Waals surface area contributed by atoms with Gasteiger partial charge in [0.05, 0.1) is 101 Å². The molecule has 29 rings (SSSR count). The molecule has 0 atom stereocenters. The number of para-hydroxylation sites is 7. The van der Waals surface area contributed by atoms with Crippen molar-refractivity contribution >= 4 is 87.7 Å². The van der Waals surface area contributed by atoms with Gasteiger partial charge < -0.3 is 4.42 Å². The zero-order chi connectivity index (χ0) is 98.9. The molecule has 0 N–H and O–H groups in total. The predicted octanol–water partition coefficient (Wildman–Crippen LogP) is 32.6. The van der Waals surface area contributed by atoms with E-state index in [1.54, 1.807) is 0 Å². The Hall–Kier alpha value is -20.5. The summed E-state index contributed by atoms with van der Waals surface area (Å²) in [5.41, 5.74) is 36.9. The highest BCUT2D eigenvalue weighted by atomic mass is 16.3. The molecule has 149 heavy (non-hydrogen) atoms. The molecule has 16 nitrogen and oxygen atoms in total. The van der Waals surface area contributed by atoms with Crippen LogP contribution >= 0.6 is 0 Å². The fourth-order valence-electron chi connectivity index (χ4n) is 19.9. The van der Waals surface area contributed by atoms with E-state index >= 15 is 0 Å². The molecular weight excluding hydrogens is 1820 g/mol. The van der Waals surface area contributed by atoms with E-state index < -0.39 is 0 Å². The van der Waals surface area contributed by atoms with Crippen LogP contribution in [0.3, 0.4) is 0 Å². The Balaban J connectivity index is 0.000000101. The average molecular weight is 1910 g/mol. The summed E-state index contributed by atoms with van der Waals surface area (Å²) in [6.07, 6.45) is 1.93. The van der Waals surface area contributed by atoms with Gasteiger partial charge in [0, 0.05) is 82.6 Å². The second-order valence-electron chi connectivity index (χ2n) is 36.5. The normalized spacial score (nSPS) is 11.4. The van der Waals surface area contributed by atoms with Gasteiger partial charge in [0.15, 0.2) is 23.1 Å². The third kappa shape index (κ3) is 17.3. The Bertz CT molecular complexity index is 9900. The van der Waals surface area contributed by atoms with Crippen molar-refractivity contribution in [2.45, 2.75) is 0 Å². The second-order valence-corrected chi connectivity index (χ2v) is 36.5. The molecule has 0 spiro atoms. The molecule has 17 aromatic carbocycles. The number of aromatic nitrogens is 15. The van der Waals surface area contributed by atoms with Crippen LogP contribution in [0, 0.1) is 0 Å². The number of benzene rings is 17. The van der Waals surface area contributed by atoms with E-state index in [0.29, 0.717) is 23.4 Å². The second kappa shape index (κ2) is 39.1. The maximum absolute atomic E-state index is 5.88. The zero-order valence-electron chi connectivity index (χ0n) is 80.3. The number of fused-ring (bicyclic) bond motifs is 14. The maximum atomic E-state index is 5.88. The van der Waals surface area contributed by atoms with Gasteiger partial charge in [0.1, 0.15) is 22.6 Å². The molecule has 12 aromatic heterocycles. The topological polar surface area (TPSA) is 173 Å². The van der Waals surface area contributed by atoms with Gasteiger partial charge in [-0.05, 0) is 119 Å². The SMILES string of the molecule is c1ccc(-c2cc(-c3c(-c4ccccc4)nn4c3ccc3ccccc34)nc(-c3ccccc3)n2)cc1.c1ccc(-c2ccc(-c3cc(-c4c(-c5ccccc5)nn5c4ccc4ccccc45)nc(-c4ccccc4)n3)cc2)cc1.c1ccc(-c2ccc(-c3nc(-c4c(-c5ccccc5)nn5c4ccc4ccccc45)nc4ccccc34)cc2)cc1.c1ccc2c(c1)ccc1c(-c3ccc(-c4nc5ccccc5o4)cc3)cnn12. The van der Waals surface area contributed by atoms with Crippen LogP contribution in [-0.2, 0) is 0 Å². The molecule has 700 valence electrons. The quantitative estimate of drug-likeness (QED) is 0.0952. The molecule has 0 aliphatic heterocycles. The van der Waals surface area contributed by atoms with Gasteiger partial charge in [-0.2, -0.15) is 20.4 Å². The highest BCUT2D eigenvalue weighted by Crippen LogP contribution is 2.45. The van der Waals surface area contributed by atoms with Crippen molar-refractivity contribution in [1.29, 1.82) is 0 Å². The Morgan fingerprint density at radius 3 is 0.926 bits per heavy atom. The van der Waals surface area contributed by atoms with E-state index in [-0.39, 0.29) is 0 Å². The first-order valence-corrected chi connectivity index (χ1v) is 49.6. The first-order chi connectivity index (χ1) is 73.9. The van der Waals surface area contributed by atoms with Crippen molar-refractivity contribution < 1.29 is 4.42 Å². The summed E-state index contributed by atoms with van der Waals surface area (Å²) in [5.74, 6) is 2.67. The molecule has 0 amide bonds. The number of nitrogens with zero attached hydrogens (tertiary/aromatic N) is 15. The molecule has 0 aliphatic carbocycles. The van der Waals surface area contributed by atoms with Gasteiger partial charge in [0.25, 0.3) is 0 Å². The highest BCUT2D eigenvalue weighted by Gasteiger charge is 2.28. The summed E-state index contributed by atoms with van der Waals surface area (Å²) in [7, 11) is 0. The molecule has 16 heteroatoms. The summed E-state index contributed by atoms with van der Waals surface area (Å²) >= 11 is 0. The van der Waals surface area contributed by atoms with Crippen LogP contribution in [-0.4, -0.2) is 73.3 Å². The van der Waals surface area contributed by atoms with Gasteiger partial charge in [-0.25, -0.2) is 52.9 Å². The van der Waals surface area contributed by atoms with E-state index in [9.17, 15) is 0 Å². The molecule has 0 radical (unpaired) electrons. The van der Waals surface area contributed by atoms with Gasteiger partial charge in [0.2, 0.25) is 5.89 Å². The van der Waals surface area contributed by atoms with Crippen LogP contribution in [0.5, 0.6) is 0 Å². The van der Waals surface area contributed by atoms with Gasteiger partial charge in [-0.1, -0.05) is 431 Å². The predicted molar refractivity (Wildman–Crippen MR) is 604 cm³/mol. The summed E-state index contributed by atoms with van der Waals surface area (Å²) in [6.45, 7) is 0. The summed E-state index contributed by atoms with van der Waals surface area (Å²) in [4.78, 5) is 35.3. The molecule has 0 fully saturated rings. The minimum absolute atomic E-state index is 0.638. The van der Waals surface area contributed by atoms with Crippen LogP contribution in [0.15, 0.2) is 532 Å². The lowest BCUT2D eigenvalue weighted by Crippen LogP contribution is -1.96. The van der Waals surface area contributed by atoms with Crippen LogP contribution in [0.1, 0.15) is 0 Å². The van der Waals surface area contributed by atoms with E-state index in [0.717, 1.165) is 206 Å². The van der Waals surface area contributed by atoms with Crippen molar-refractivity contribution in [3.8, 4) is 169 Å². The number of rotatable bonds is 15. The number of oxazole rings is 1. The lowest BCUT2D eigenvalue weighted by atomic mass is 10.00. The largest absolute Gasteiger partial charge is 0.436 e.